The highest BCUT2D eigenvalue weighted by Crippen LogP contribution is 2.34. The second-order valence-corrected chi connectivity index (χ2v) is 9.87. The molecule has 0 bridgehead atoms. The molecule has 1 amide bonds. The van der Waals surface area contributed by atoms with Crippen molar-refractivity contribution in [3.63, 3.8) is 0 Å². The lowest BCUT2D eigenvalue weighted by atomic mass is 10.1. The van der Waals surface area contributed by atoms with Crippen LogP contribution in [-0.4, -0.2) is 35.9 Å². The minimum atomic E-state index is -0.0898. The number of halogens is 1. The minimum Gasteiger partial charge on any atom is -0.493 e. The maximum atomic E-state index is 13.1. The van der Waals surface area contributed by atoms with E-state index in [4.69, 9.17) is 38.0 Å². The van der Waals surface area contributed by atoms with Crippen molar-refractivity contribution in [2.45, 2.75) is 13.0 Å². The largest absolute Gasteiger partial charge is 0.493 e. The Labute approximate surface area is 219 Å². The lowest BCUT2D eigenvalue weighted by Crippen LogP contribution is -2.30. The molecule has 0 atom stereocenters. The van der Waals surface area contributed by atoms with E-state index in [0.717, 1.165) is 22.4 Å². The molecule has 0 unspecified atom stereocenters. The van der Waals surface area contributed by atoms with Gasteiger partial charge in [0.15, 0.2) is 11.5 Å². The predicted molar refractivity (Wildman–Crippen MR) is 145 cm³/mol. The van der Waals surface area contributed by atoms with Crippen LogP contribution in [0.1, 0.15) is 16.7 Å². The molecule has 3 aromatic carbocycles. The van der Waals surface area contributed by atoms with Gasteiger partial charge < -0.3 is 14.2 Å². The minimum absolute atomic E-state index is 0.0898. The summed E-state index contributed by atoms with van der Waals surface area (Å²) in [6.07, 6.45) is 2.50. The topological polar surface area (TPSA) is 48.0 Å². The number of thiocarbonyl (C=S) groups is 1. The van der Waals surface area contributed by atoms with Crippen LogP contribution in [0.25, 0.3) is 6.08 Å². The van der Waals surface area contributed by atoms with Crippen LogP contribution in [0.4, 0.5) is 0 Å². The SMILES string of the molecule is COc1ccc(CCN2C(=O)C(=Cc3cccc(OCc4ccc(Cl)cc4)c3)SC2=S)cc1OC. The Bertz CT molecular complexity index is 1260. The Morgan fingerprint density at radius 1 is 0.971 bits per heavy atom. The number of carbonyl (C=O) groups is 1. The summed E-state index contributed by atoms with van der Waals surface area (Å²) in [5, 5.41) is 0.691. The van der Waals surface area contributed by atoms with Crippen LogP contribution in [0.2, 0.25) is 5.02 Å². The van der Waals surface area contributed by atoms with Gasteiger partial charge in [-0.1, -0.05) is 65.9 Å². The van der Waals surface area contributed by atoms with Crippen molar-refractivity contribution in [2.75, 3.05) is 20.8 Å². The van der Waals surface area contributed by atoms with Gasteiger partial charge in [-0.2, -0.15) is 0 Å². The number of thioether (sulfide) groups is 1. The third kappa shape index (κ3) is 6.36. The molecule has 35 heavy (non-hydrogen) atoms. The standard InChI is InChI=1S/C27H24ClNO4S2/c1-31-23-11-8-18(15-24(23)32-2)12-13-29-26(30)25(35-27(29)34)16-20-4-3-5-22(14-20)33-17-19-6-9-21(28)10-7-19/h3-11,14-16H,12-13,17H2,1-2H3. The summed E-state index contributed by atoms with van der Waals surface area (Å²) in [7, 11) is 3.21. The zero-order valence-corrected chi connectivity index (χ0v) is 21.7. The zero-order valence-electron chi connectivity index (χ0n) is 19.3. The van der Waals surface area contributed by atoms with E-state index in [1.165, 1.54) is 11.8 Å². The molecule has 8 heteroatoms. The molecule has 5 nitrogen and oxygen atoms in total. The van der Waals surface area contributed by atoms with Crippen molar-refractivity contribution in [3.05, 3.63) is 93.3 Å². The van der Waals surface area contributed by atoms with E-state index in [2.05, 4.69) is 0 Å². The maximum Gasteiger partial charge on any atom is 0.266 e. The Kier molecular flexibility index (Phi) is 8.33. The molecule has 1 fully saturated rings. The molecule has 1 heterocycles. The molecule has 1 aliphatic rings. The second kappa shape index (κ2) is 11.6. The Morgan fingerprint density at radius 3 is 2.46 bits per heavy atom. The number of hydrogen-bond acceptors (Lipinski definition) is 6. The first-order chi connectivity index (χ1) is 17.0. The van der Waals surface area contributed by atoms with Crippen LogP contribution in [0, 0.1) is 0 Å². The van der Waals surface area contributed by atoms with Crippen LogP contribution in [0.15, 0.2) is 71.6 Å². The summed E-state index contributed by atoms with van der Waals surface area (Å²) < 4.78 is 17.1. The maximum absolute atomic E-state index is 13.1. The van der Waals surface area contributed by atoms with Gasteiger partial charge >= 0.3 is 0 Å². The van der Waals surface area contributed by atoms with Gasteiger partial charge in [-0.3, -0.25) is 9.69 Å². The molecular weight excluding hydrogens is 502 g/mol. The lowest BCUT2D eigenvalue weighted by Gasteiger charge is -2.15. The van der Waals surface area contributed by atoms with Crippen LogP contribution in [0.5, 0.6) is 17.2 Å². The first kappa shape index (κ1) is 25.1. The Hall–Kier alpha value is -3.00. The number of methoxy groups -OCH3 is 2. The number of nitrogens with zero attached hydrogens (tertiary/aromatic N) is 1. The predicted octanol–water partition coefficient (Wildman–Crippen LogP) is 6.38. The number of ether oxygens (including phenoxy) is 3. The monoisotopic (exact) mass is 525 g/mol. The van der Waals surface area contributed by atoms with Gasteiger partial charge in [0.1, 0.15) is 16.7 Å². The fraction of sp³-hybridized carbons (Fsp3) is 0.185. The van der Waals surface area contributed by atoms with E-state index in [1.807, 2.05) is 72.8 Å². The number of hydrogen-bond donors (Lipinski definition) is 0. The molecule has 1 aliphatic heterocycles. The zero-order chi connectivity index (χ0) is 24.8. The van der Waals surface area contributed by atoms with Crippen LogP contribution in [0.3, 0.4) is 0 Å². The van der Waals surface area contributed by atoms with Crippen LogP contribution >= 0.6 is 35.6 Å². The molecular formula is C27H24ClNO4S2. The molecule has 0 radical (unpaired) electrons. The highest BCUT2D eigenvalue weighted by Gasteiger charge is 2.31. The van der Waals surface area contributed by atoms with E-state index < -0.39 is 0 Å². The highest BCUT2D eigenvalue weighted by molar-refractivity contribution is 8.26. The summed E-state index contributed by atoms with van der Waals surface area (Å²) >= 11 is 12.7. The van der Waals surface area contributed by atoms with Crippen molar-refractivity contribution in [1.29, 1.82) is 0 Å². The number of amides is 1. The fourth-order valence-electron chi connectivity index (χ4n) is 3.56. The molecule has 0 aromatic heterocycles. The quantitative estimate of drug-likeness (QED) is 0.238. The van der Waals surface area contributed by atoms with Crippen molar-refractivity contribution < 1.29 is 19.0 Å². The summed E-state index contributed by atoms with van der Waals surface area (Å²) in [6.45, 7) is 0.917. The van der Waals surface area contributed by atoms with Crippen molar-refractivity contribution in [2.24, 2.45) is 0 Å². The second-order valence-electron chi connectivity index (χ2n) is 7.76. The Morgan fingerprint density at radius 2 is 1.71 bits per heavy atom. The van der Waals surface area contributed by atoms with Crippen LogP contribution < -0.4 is 14.2 Å². The van der Waals surface area contributed by atoms with Gasteiger partial charge in [0.25, 0.3) is 5.91 Å². The Balaban J connectivity index is 1.40. The van der Waals surface area contributed by atoms with Gasteiger partial charge in [0.05, 0.1) is 19.1 Å². The summed E-state index contributed by atoms with van der Waals surface area (Å²) in [5.41, 5.74) is 2.93. The van der Waals surface area contributed by atoms with Gasteiger partial charge in [-0.05, 0) is 65.6 Å². The van der Waals surface area contributed by atoms with E-state index in [9.17, 15) is 4.79 Å². The number of carbonyl (C=O) groups excluding carboxylic acids is 1. The van der Waals surface area contributed by atoms with Crippen molar-refractivity contribution in [3.8, 4) is 17.2 Å². The van der Waals surface area contributed by atoms with Gasteiger partial charge in [-0.15, -0.1) is 0 Å². The highest BCUT2D eigenvalue weighted by atomic mass is 35.5. The van der Waals surface area contributed by atoms with E-state index in [-0.39, 0.29) is 5.91 Å². The van der Waals surface area contributed by atoms with Crippen LogP contribution in [-0.2, 0) is 17.8 Å². The third-order valence-corrected chi connectivity index (χ3v) is 7.05. The molecule has 0 N–H and O–H groups in total. The fourth-order valence-corrected chi connectivity index (χ4v) is 5.00. The molecule has 0 spiro atoms. The summed E-state index contributed by atoms with van der Waals surface area (Å²) in [6, 6.07) is 20.9. The third-order valence-electron chi connectivity index (χ3n) is 5.42. The number of rotatable bonds is 9. The van der Waals surface area contributed by atoms with Crippen molar-refractivity contribution >= 4 is 51.9 Å². The smallest absolute Gasteiger partial charge is 0.266 e. The summed E-state index contributed by atoms with van der Waals surface area (Å²) in [5.74, 6) is 1.96. The van der Waals surface area contributed by atoms with Gasteiger partial charge in [-0.25, -0.2) is 0 Å². The van der Waals surface area contributed by atoms with E-state index >= 15 is 0 Å². The lowest BCUT2D eigenvalue weighted by molar-refractivity contribution is -0.122. The molecule has 0 aliphatic carbocycles. The van der Waals surface area contributed by atoms with E-state index in [0.29, 0.717) is 45.3 Å². The van der Waals surface area contributed by atoms with E-state index in [1.54, 1.807) is 19.1 Å². The summed E-state index contributed by atoms with van der Waals surface area (Å²) in [4.78, 5) is 15.3. The average Bonchev–Trinajstić information content (AvgIpc) is 3.14. The average molecular weight is 526 g/mol. The van der Waals surface area contributed by atoms with Crippen molar-refractivity contribution in [1.82, 2.24) is 4.90 Å². The number of benzene rings is 3. The molecule has 3 aromatic rings. The van der Waals surface area contributed by atoms with Gasteiger partial charge in [0, 0.05) is 11.6 Å². The first-order valence-corrected chi connectivity index (χ1v) is 12.5. The first-order valence-electron chi connectivity index (χ1n) is 10.9. The molecule has 1 saturated heterocycles. The molecule has 0 saturated carbocycles. The van der Waals surface area contributed by atoms with Gasteiger partial charge in [0.2, 0.25) is 0 Å². The molecule has 180 valence electrons. The normalized spacial score (nSPS) is 14.5. The molecule has 4 rings (SSSR count).